The zero-order valence-corrected chi connectivity index (χ0v) is 21.7. The minimum Gasteiger partial charge on any atom is -0.610 e. The van der Waals surface area contributed by atoms with Gasteiger partial charge in [0, 0.05) is 24.4 Å². The Hall–Kier alpha value is -3.04. The minimum atomic E-state index is -2.97. The maximum absolute atomic E-state index is 12.0. The fraction of sp³-hybridized carbons (Fsp3) is 0.517. The molecule has 4 saturated heterocycles. The first-order valence-corrected chi connectivity index (χ1v) is 14.3. The number of rotatable bonds is 0. The molecule has 6 aliphatic heterocycles. The molecule has 0 aromatic heterocycles. The smallest absolute Gasteiger partial charge is 0.610 e. The van der Waals surface area contributed by atoms with E-state index in [0.29, 0.717) is 0 Å². The standard InChI is InChI=1S/C15H26N2.C14H8BO6/c1-3-7-16-11-13-9-12(14(16)5-1)10-17-8-4-2-6-15(13)17;16-13-9-5-1-3-7-11(9)18-15(20-13)19-12-8-4-2-6-10(12)14(17)21-15/h12-15H,1-11H2;1-8H/q;-1/p+1/t12-,13-,14-,15+;/m0./s1. The summed E-state index contributed by atoms with van der Waals surface area (Å²) in [4.78, 5) is 28.9. The molecule has 0 aliphatic carbocycles. The second-order valence-electron chi connectivity index (χ2n) is 11.6. The predicted octanol–water partition coefficient (Wildman–Crippen LogP) is 2.85. The van der Waals surface area contributed by atoms with Crippen molar-refractivity contribution < 1.29 is 33.1 Å². The largest absolute Gasteiger partial charge is 0.781 e. The van der Waals surface area contributed by atoms with Crippen LogP contribution in [0.2, 0.25) is 0 Å². The van der Waals surface area contributed by atoms with Crippen LogP contribution in [0.1, 0.15) is 65.7 Å². The molecular weight excluding hydrogens is 483 g/mol. The Kier molecular flexibility index (Phi) is 6.08. The molecule has 8 rings (SSSR count). The highest BCUT2D eigenvalue weighted by Crippen LogP contribution is 2.38. The molecule has 1 spiro atoms. The summed E-state index contributed by atoms with van der Waals surface area (Å²) >= 11 is 0. The first kappa shape index (κ1) is 24.0. The lowest BCUT2D eigenvalue weighted by atomic mass is 9.71. The van der Waals surface area contributed by atoms with Gasteiger partial charge in [-0.2, -0.15) is 0 Å². The van der Waals surface area contributed by atoms with Crippen LogP contribution >= 0.6 is 0 Å². The van der Waals surface area contributed by atoms with Crippen LogP contribution in [0.4, 0.5) is 0 Å². The Morgan fingerprint density at radius 2 is 1.42 bits per heavy atom. The van der Waals surface area contributed by atoms with Gasteiger partial charge in [-0.3, -0.25) is 14.5 Å². The SMILES string of the molecule is C1CCN2C[C@@H]3C[C@@H](C[NH+]4CCCC[C@@H]34)[C@H]2C1.O=C1O[B-]2(OC(=O)c3ccccc3O2)Oc2ccccc21. The van der Waals surface area contributed by atoms with E-state index < -0.39 is 18.9 Å². The minimum absolute atomic E-state index is 0.251. The molecule has 6 heterocycles. The Bertz CT molecular complexity index is 1150. The van der Waals surface area contributed by atoms with Crippen LogP contribution in [-0.2, 0) is 9.31 Å². The number of benzene rings is 2. The average molecular weight is 518 g/mol. The number of hydrogen-bond acceptors (Lipinski definition) is 7. The van der Waals surface area contributed by atoms with Crippen molar-refractivity contribution in [1.82, 2.24) is 4.90 Å². The molecule has 1 unspecified atom stereocenters. The molecule has 6 aliphatic rings. The molecule has 4 fully saturated rings. The third kappa shape index (κ3) is 4.26. The molecule has 9 heteroatoms. The molecular formula is C29H35BN2O6. The average Bonchev–Trinajstić information content (AvgIpc) is 2.93. The van der Waals surface area contributed by atoms with Gasteiger partial charge < -0.3 is 23.5 Å². The van der Waals surface area contributed by atoms with Gasteiger partial charge in [-0.1, -0.05) is 30.7 Å². The van der Waals surface area contributed by atoms with E-state index in [1.54, 1.807) is 55.0 Å². The van der Waals surface area contributed by atoms with E-state index in [9.17, 15) is 9.59 Å². The fourth-order valence-corrected chi connectivity index (χ4v) is 7.80. The van der Waals surface area contributed by atoms with Crippen molar-refractivity contribution in [3.8, 4) is 11.5 Å². The summed E-state index contributed by atoms with van der Waals surface area (Å²) < 4.78 is 21.2. The maximum atomic E-state index is 12.0. The molecule has 5 atom stereocenters. The van der Waals surface area contributed by atoms with E-state index in [-0.39, 0.29) is 22.6 Å². The number of hydrogen-bond donors (Lipinski definition) is 1. The van der Waals surface area contributed by atoms with E-state index in [1.165, 1.54) is 64.7 Å². The zero-order valence-electron chi connectivity index (χ0n) is 21.7. The van der Waals surface area contributed by atoms with Gasteiger partial charge in [-0.15, -0.1) is 0 Å². The molecule has 2 bridgehead atoms. The van der Waals surface area contributed by atoms with Gasteiger partial charge in [-0.25, -0.2) is 0 Å². The molecule has 38 heavy (non-hydrogen) atoms. The number of carbonyl (C=O) groups is 2. The van der Waals surface area contributed by atoms with Crippen molar-refractivity contribution in [1.29, 1.82) is 0 Å². The molecule has 200 valence electrons. The summed E-state index contributed by atoms with van der Waals surface area (Å²) in [5.74, 6) is 1.28. The molecule has 0 radical (unpaired) electrons. The number of nitrogens with zero attached hydrogens (tertiary/aromatic N) is 1. The molecule has 1 N–H and O–H groups in total. The highest BCUT2D eigenvalue weighted by Gasteiger charge is 2.52. The van der Waals surface area contributed by atoms with Crippen molar-refractivity contribution in [2.75, 3.05) is 26.2 Å². The number of piperidine rings is 4. The normalized spacial score (nSPS) is 32.4. The molecule has 8 nitrogen and oxygen atoms in total. The van der Waals surface area contributed by atoms with Gasteiger partial charge in [-0.05, 0) is 69.3 Å². The van der Waals surface area contributed by atoms with Crippen molar-refractivity contribution in [3.63, 3.8) is 0 Å². The van der Waals surface area contributed by atoms with Crippen LogP contribution in [0.5, 0.6) is 11.5 Å². The van der Waals surface area contributed by atoms with Gasteiger partial charge in [0.1, 0.15) is 0 Å². The predicted molar refractivity (Wildman–Crippen MR) is 140 cm³/mol. The van der Waals surface area contributed by atoms with Crippen LogP contribution in [0, 0.1) is 11.8 Å². The van der Waals surface area contributed by atoms with E-state index in [0.717, 1.165) is 23.9 Å². The Morgan fingerprint density at radius 3 is 2.13 bits per heavy atom. The van der Waals surface area contributed by atoms with Crippen LogP contribution in [0.25, 0.3) is 0 Å². The van der Waals surface area contributed by atoms with Crippen LogP contribution < -0.4 is 14.2 Å². The maximum Gasteiger partial charge on any atom is 0.781 e. The van der Waals surface area contributed by atoms with Crippen LogP contribution in [-0.4, -0.2) is 62.1 Å². The number of para-hydroxylation sites is 2. The number of quaternary nitrogens is 1. The Labute approximate surface area is 223 Å². The van der Waals surface area contributed by atoms with E-state index in [2.05, 4.69) is 4.90 Å². The summed E-state index contributed by atoms with van der Waals surface area (Å²) in [5, 5.41) is 0. The monoisotopic (exact) mass is 518 g/mol. The molecule has 2 aromatic rings. The second kappa shape index (κ2) is 9.61. The highest BCUT2D eigenvalue weighted by atomic mass is 16.9. The first-order chi connectivity index (χ1) is 18.6. The second-order valence-corrected chi connectivity index (χ2v) is 11.6. The van der Waals surface area contributed by atoms with Crippen molar-refractivity contribution in [3.05, 3.63) is 59.7 Å². The van der Waals surface area contributed by atoms with Crippen molar-refractivity contribution in [2.45, 2.75) is 57.0 Å². The third-order valence-electron chi connectivity index (χ3n) is 9.42. The topological polar surface area (TPSA) is 78.7 Å². The van der Waals surface area contributed by atoms with Crippen molar-refractivity contribution in [2.24, 2.45) is 11.8 Å². The molecule has 2 aromatic carbocycles. The van der Waals surface area contributed by atoms with E-state index in [1.807, 2.05) is 4.90 Å². The Morgan fingerprint density at radius 1 is 0.763 bits per heavy atom. The van der Waals surface area contributed by atoms with E-state index >= 15 is 0 Å². The van der Waals surface area contributed by atoms with Crippen LogP contribution in [0.15, 0.2) is 48.5 Å². The third-order valence-corrected chi connectivity index (χ3v) is 9.42. The number of carbonyl (C=O) groups excluding carboxylic acids is 2. The Balaban J connectivity index is 0.000000130. The van der Waals surface area contributed by atoms with E-state index in [4.69, 9.17) is 18.6 Å². The molecule has 0 amide bonds. The van der Waals surface area contributed by atoms with Gasteiger partial charge in [0.2, 0.25) is 0 Å². The summed E-state index contributed by atoms with van der Waals surface area (Å²) in [7, 11) is 0. The first-order valence-electron chi connectivity index (χ1n) is 14.3. The van der Waals surface area contributed by atoms with Gasteiger partial charge in [0.25, 0.3) is 0 Å². The molecule has 0 saturated carbocycles. The van der Waals surface area contributed by atoms with Crippen molar-refractivity contribution >= 4 is 18.9 Å². The lowest BCUT2D eigenvalue weighted by Crippen LogP contribution is -3.19. The lowest BCUT2D eigenvalue weighted by molar-refractivity contribution is -0.945. The zero-order chi connectivity index (χ0) is 25.7. The number of fused-ring (bicyclic) bond motifs is 8. The summed E-state index contributed by atoms with van der Waals surface area (Å²) in [5.41, 5.74) is 0.506. The summed E-state index contributed by atoms with van der Waals surface area (Å²) in [6.45, 7) is 2.91. The lowest BCUT2D eigenvalue weighted by Gasteiger charge is -2.54. The highest BCUT2D eigenvalue weighted by molar-refractivity contribution is 6.61. The quantitative estimate of drug-likeness (QED) is 0.538. The van der Waals surface area contributed by atoms with Crippen LogP contribution in [0.3, 0.4) is 0 Å². The fourth-order valence-electron chi connectivity index (χ4n) is 7.80. The summed E-state index contributed by atoms with van der Waals surface area (Å²) in [6, 6.07) is 15.0. The van der Waals surface area contributed by atoms with Gasteiger partial charge >= 0.3 is 18.9 Å². The number of nitrogens with one attached hydrogen (secondary N) is 1. The van der Waals surface area contributed by atoms with Gasteiger partial charge in [0.15, 0.2) is 0 Å². The van der Waals surface area contributed by atoms with Gasteiger partial charge in [0.05, 0.1) is 41.8 Å². The summed E-state index contributed by atoms with van der Waals surface area (Å²) in [6.07, 6.45) is 10.6.